The normalized spacial score (nSPS) is 10.4. The summed E-state index contributed by atoms with van der Waals surface area (Å²) in [6, 6.07) is 8.56. The second kappa shape index (κ2) is 6.13. The van der Waals surface area contributed by atoms with Crippen LogP contribution in [0.3, 0.4) is 0 Å². The maximum absolute atomic E-state index is 13.5. The van der Waals surface area contributed by atoms with Gasteiger partial charge in [0.2, 0.25) is 0 Å². The Kier molecular flexibility index (Phi) is 4.49. The molecule has 0 heterocycles. The smallest absolute Gasteiger partial charge is 0.251 e. The van der Waals surface area contributed by atoms with Crippen LogP contribution in [0.2, 0.25) is 0 Å². The molecule has 0 aliphatic carbocycles. The van der Waals surface area contributed by atoms with Crippen LogP contribution in [0, 0.1) is 18.6 Å². The van der Waals surface area contributed by atoms with Crippen LogP contribution in [-0.2, 0) is 6.54 Å². The number of rotatable bonds is 3. The van der Waals surface area contributed by atoms with Gasteiger partial charge in [-0.25, -0.2) is 8.78 Å². The predicted molar refractivity (Wildman–Crippen MR) is 76.4 cm³/mol. The van der Waals surface area contributed by atoms with E-state index in [1.165, 1.54) is 12.1 Å². The van der Waals surface area contributed by atoms with Crippen molar-refractivity contribution in [2.75, 3.05) is 0 Å². The van der Waals surface area contributed by atoms with Gasteiger partial charge in [-0.2, -0.15) is 0 Å². The summed E-state index contributed by atoms with van der Waals surface area (Å²) in [5, 5.41) is 2.57. The first-order valence-electron chi connectivity index (χ1n) is 5.95. The number of aryl methyl sites for hydroxylation is 1. The summed E-state index contributed by atoms with van der Waals surface area (Å²) in [6.07, 6.45) is 0. The Labute approximate surface area is 123 Å². The van der Waals surface area contributed by atoms with Crippen LogP contribution in [0.1, 0.15) is 21.5 Å². The number of amides is 1. The zero-order valence-electron chi connectivity index (χ0n) is 10.7. The topological polar surface area (TPSA) is 29.1 Å². The first-order valence-corrected chi connectivity index (χ1v) is 6.74. The van der Waals surface area contributed by atoms with Crippen molar-refractivity contribution >= 4 is 21.8 Å². The third-order valence-corrected chi connectivity index (χ3v) is 3.24. The fourth-order valence-electron chi connectivity index (χ4n) is 1.82. The molecule has 0 saturated carbocycles. The lowest BCUT2D eigenvalue weighted by Crippen LogP contribution is -2.23. The Bertz CT molecular complexity index is 638. The van der Waals surface area contributed by atoms with Crippen molar-refractivity contribution in [2.24, 2.45) is 0 Å². The summed E-state index contributed by atoms with van der Waals surface area (Å²) < 4.78 is 27.5. The van der Waals surface area contributed by atoms with Crippen LogP contribution >= 0.6 is 15.9 Å². The van der Waals surface area contributed by atoms with E-state index in [-0.39, 0.29) is 12.1 Å². The second-order valence-corrected chi connectivity index (χ2v) is 5.35. The summed E-state index contributed by atoms with van der Waals surface area (Å²) in [5.41, 5.74) is 1.24. The van der Waals surface area contributed by atoms with Gasteiger partial charge in [-0.3, -0.25) is 4.79 Å². The number of halogens is 3. The number of carbonyl (C=O) groups is 1. The molecule has 0 fully saturated rings. The number of hydrogen-bond acceptors (Lipinski definition) is 1. The molecule has 0 aromatic heterocycles. The van der Waals surface area contributed by atoms with Gasteiger partial charge in [0.05, 0.1) is 0 Å². The Balaban J connectivity index is 2.10. The van der Waals surface area contributed by atoms with E-state index in [1.54, 1.807) is 25.1 Å². The summed E-state index contributed by atoms with van der Waals surface area (Å²) in [7, 11) is 0. The molecule has 0 atom stereocenters. The van der Waals surface area contributed by atoms with Crippen molar-refractivity contribution < 1.29 is 13.6 Å². The Hall–Kier alpha value is -1.75. The number of carbonyl (C=O) groups excluding carboxylic acids is 1. The molecule has 0 saturated heterocycles. The summed E-state index contributed by atoms with van der Waals surface area (Å²) in [6.45, 7) is 1.74. The third kappa shape index (κ3) is 3.63. The molecule has 0 aliphatic heterocycles. The van der Waals surface area contributed by atoms with Crippen LogP contribution < -0.4 is 5.32 Å². The number of nitrogens with one attached hydrogen (secondary N) is 1. The van der Waals surface area contributed by atoms with E-state index in [2.05, 4.69) is 21.2 Å². The minimum absolute atomic E-state index is 0.0413. The van der Waals surface area contributed by atoms with Gasteiger partial charge in [-0.05, 0) is 48.9 Å². The standard InChI is InChI=1S/C15H12BrF2NO/c1-9-4-10(7-13(17)5-9)15(20)19-8-11-6-12(16)2-3-14(11)18/h2-7H,8H2,1H3,(H,19,20). The highest BCUT2D eigenvalue weighted by molar-refractivity contribution is 9.10. The van der Waals surface area contributed by atoms with Crippen LogP contribution in [-0.4, -0.2) is 5.91 Å². The maximum Gasteiger partial charge on any atom is 0.251 e. The fourth-order valence-corrected chi connectivity index (χ4v) is 2.23. The van der Waals surface area contributed by atoms with Gasteiger partial charge in [0, 0.05) is 22.1 Å². The molecule has 1 N–H and O–H groups in total. The van der Waals surface area contributed by atoms with Gasteiger partial charge in [0.15, 0.2) is 0 Å². The molecular formula is C15H12BrF2NO. The molecular weight excluding hydrogens is 328 g/mol. The highest BCUT2D eigenvalue weighted by Crippen LogP contribution is 2.15. The zero-order valence-corrected chi connectivity index (χ0v) is 12.3. The van der Waals surface area contributed by atoms with Crippen LogP contribution in [0.25, 0.3) is 0 Å². The summed E-state index contributed by atoms with van der Waals surface area (Å²) in [4.78, 5) is 11.9. The molecule has 20 heavy (non-hydrogen) atoms. The molecule has 0 radical (unpaired) electrons. The lowest BCUT2D eigenvalue weighted by atomic mass is 10.1. The van der Waals surface area contributed by atoms with Crippen molar-refractivity contribution in [3.63, 3.8) is 0 Å². The van der Waals surface area contributed by atoms with E-state index in [9.17, 15) is 13.6 Å². The molecule has 2 rings (SSSR count). The lowest BCUT2D eigenvalue weighted by Gasteiger charge is -2.08. The first-order chi connectivity index (χ1) is 9.45. The van der Waals surface area contributed by atoms with Gasteiger partial charge in [0.1, 0.15) is 11.6 Å². The molecule has 0 aliphatic rings. The molecule has 2 aromatic rings. The molecule has 2 nitrogen and oxygen atoms in total. The Morgan fingerprint density at radius 1 is 1.20 bits per heavy atom. The van der Waals surface area contributed by atoms with E-state index in [0.717, 1.165) is 10.5 Å². The van der Waals surface area contributed by atoms with E-state index in [0.29, 0.717) is 11.1 Å². The van der Waals surface area contributed by atoms with Crippen LogP contribution in [0.5, 0.6) is 0 Å². The van der Waals surface area contributed by atoms with Crippen molar-refractivity contribution in [1.29, 1.82) is 0 Å². The van der Waals surface area contributed by atoms with E-state index in [1.807, 2.05) is 0 Å². The molecule has 2 aromatic carbocycles. The minimum atomic E-state index is -0.469. The second-order valence-electron chi connectivity index (χ2n) is 4.44. The maximum atomic E-state index is 13.5. The molecule has 0 unspecified atom stereocenters. The van der Waals surface area contributed by atoms with Crippen molar-refractivity contribution in [3.8, 4) is 0 Å². The molecule has 0 bridgehead atoms. The highest BCUT2D eigenvalue weighted by Gasteiger charge is 2.09. The first kappa shape index (κ1) is 14.7. The quantitative estimate of drug-likeness (QED) is 0.900. The fraction of sp³-hybridized carbons (Fsp3) is 0.133. The van der Waals surface area contributed by atoms with Gasteiger partial charge >= 0.3 is 0 Å². The van der Waals surface area contributed by atoms with Gasteiger partial charge < -0.3 is 5.32 Å². The van der Waals surface area contributed by atoms with Gasteiger partial charge in [-0.1, -0.05) is 15.9 Å². The summed E-state index contributed by atoms with van der Waals surface area (Å²) >= 11 is 3.24. The number of benzene rings is 2. The third-order valence-electron chi connectivity index (χ3n) is 2.75. The highest BCUT2D eigenvalue weighted by atomic mass is 79.9. The molecule has 0 spiro atoms. The van der Waals surface area contributed by atoms with E-state index in [4.69, 9.17) is 0 Å². The lowest BCUT2D eigenvalue weighted by molar-refractivity contribution is 0.0950. The van der Waals surface area contributed by atoms with Crippen molar-refractivity contribution in [3.05, 3.63) is 69.2 Å². The average molecular weight is 340 g/mol. The van der Waals surface area contributed by atoms with E-state index >= 15 is 0 Å². The van der Waals surface area contributed by atoms with E-state index < -0.39 is 17.5 Å². The van der Waals surface area contributed by atoms with Gasteiger partial charge in [0.25, 0.3) is 5.91 Å². The van der Waals surface area contributed by atoms with Crippen molar-refractivity contribution in [2.45, 2.75) is 13.5 Å². The minimum Gasteiger partial charge on any atom is -0.348 e. The molecule has 5 heteroatoms. The molecule has 104 valence electrons. The Morgan fingerprint density at radius 2 is 1.95 bits per heavy atom. The summed E-state index contributed by atoms with van der Waals surface area (Å²) in [5.74, 6) is -1.31. The van der Waals surface area contributed by atoms with Crippen LogP contribution in [0.4, 0.5) is 8.78 Å². The van der Waals surface area contributed by atoms with Crippen LogP contribution in [0.15, 0.2) is 40.9 Å². The largest absolute Gasteiger partial charge is 0.348 e. The van der Waals surface area contributed by atoms with Crippen molar-refractivity contribution in [1.82, 2.24) is 5.32 Å². The predicted octanol–water partition coefficient (Wildman–Crippen LogP) is 3.97. The number of hydrogen-bond donors (Lipinski definition) is 1. The zero-order chi connectivity index (χ0) is 14.7. The average Bonchev–Trinajstić information content (AvgIpc) is 2.38. The Morgan fingerprint density at radius 3 is 2.65 bits per heavy atom. The van der Waals surface area contributed by atoms with Gasteiger partial charge in [-0.15, -0.1) is 0 Å². The monoisotopic (exact) mass is 339 g/mol. The molecule has 1 amide bonds. The SMILES string of the molecule is Cc1cc(F)cc(C(=O)NCc2cc(Br)ccc2F)c1.